The van der Waals surface area contributed by atoms with Crippen molar-refractivity contribution in [3.8, 4) is 0 Å². The normalized spacial score (nSPS) is 22.3. The molecule has 1 aromatic rings. The van der Waals surface area contributed by atoms with Crippen molar-refractivity contribution in [3.05, 3.63) is 27.8 Å². The van der Waals surface area contributed by atoms with Gasteiger partial charge in [-0.05, 0) is 71.0 Å². The summed E-state index contributed by atoms with van der Waals surface area (Å²) in [5, 5.41) is 1.74. The summed E-state index contributed by atoms with van der Waals surface area (Å²) in [4.78, 5) is 0. The van der Waals surface area contributed by atoms with Gasteiger partial charge in [0.2, 0.25) is 0 Å². The highest BCUT2D eigenvalue weighted by Crippen LogP contribution is 2.55. The second-order valence-electron chi connectivity index (χ2n) is 6.44. The quantitative estimate of drug-likeness (QED) is 0.427. The Morgan fingerprint density at radius 2 is 1.25 bits per heavy atom. The summed E-state index contributed by atoms with van der Waals surface area (Å²) in [7, 11) is 0.0796. The molecule has 20 heavy (non-hydrogen) atoms. The van der Waals surface area contributed by atoms with E-state index in [0.29, 0.717) is 0 Å². The summed E-state index contributed by atoms with van der Waals surface area (Å²) < 4.78 is 1.53. The van der Waals surface area contributed by atoms with E-state index >= 15 is 0 Å². The lowest BCUT2D eigenvalue weighted by molar-refractivity contribution is 0.487. The zero-order chi connectivity index (χ0) is 13.8. The van der Waals surface area contributed by atoms with E-state index in [1.165, 1.54) is 67.8 Å². The van der Waals surface area contributed by atoms with Crippen LogP contribution in [0.4, 0.5) is 0 Å². The molecule has 0 N–H and O–H groups in total. The van der Waals surface area contributed by atoms with Gasteiger partial charge in [-0.25, -0.2) is 0 Å². The van der Waals surface area contributed by atoms with Crippen LogP contribution in [-0.4, -0.2) is 11.3 Å². The monoisotopic (exact) mass is 400 g/mol. The third-order valence-corrected chi connectivity index (χ3v) is 9.99. The van der Waals surface area contributed by atoms with Crippen molar-refractivity contribution < 1.29 is 0 Å². The van der Waals surface area contributed by atoms with Crippen LogP contribution in [-0.2, 0) is 0 Å². The lowest BCUT2D eigenvalue weighted by Crippen LogP contribution is -2.27. The molecule has 0 amide bonds. The van der Waals surface area contributed by atoms with Crippen molar-refractivity contribution in [2.75, 3.05) is 0 Å². The minimum absolute atomic E-state index is 0.0796. The fourth-order valence-corrected chi connectivity index (χ4v) is 9.10. The number of halogens is 1. The average molecular weight is 400 g/mol. The maximum atomic E-state index is 2.58. The molecule has 2 saturated carbocycles. The van der Waals surface area contributed by atoms with E-state index in [1.807, 2.05) is 0 Å². The summed E-state index contributed by atoms with van der Waals surface area (Å²) >= 11 is 2.58. The lowest BCUT2D eigenvalue weighted by atomic mass is 9.99. The van der Waals surface area contributed by atoms with Crippen LogP contribution < -0.4 is 5.30 Å². The van der Waals surface area contributed by atoms with Gasteiger partial charge in [0.25, 0.3) is 0 Å². The van der Waals surface area contributed by atoms with Crippen LogP contribution in [0.5, 0.6) is 0 Å². The van der Waals surface area contributed by atoms with Crippen molar-refractivity contribution in [2.45, 2.75) is 75.5 Å². The molecule has 2 aliphatic carbocycles. The summed E-state index contributed by atoms with van der Waals surface area (Å²) in [6, 6.07) is 9.27. The van der Waals surface area contributed by atoms with E-state index in [1.54, 1.807) is 5.30 Å². The van der Waals surface area contributed by atoms with Crippen LogP contribution >= 0.6 is 30.5 Å². The topological polar surface area (TPSA) is 0 Å². The van der Waals surface area contributed by atoms with Crippen LogP contribution in [0.1, 0.15) is 64.2 Å². The number of hydrogen-bond acceptors (Lipinski definition) is 0. The smallest absolute Gasteiger partial charge is 0.0207 e. The highest BCUT2D eigenvalue weighted by atomic mass is 127. The summed E-state index contributed by atoms with van der Waals surface area (Å²) in [6.45, 7) is 0. The molecule has 1 aromatic carbocycles. The van der Waals surface area contributed by atoms with Crippen LogP contribution in [0.15, 0.2) is 24.3 Å². The molecule has 2 fully saturated rings. The van der Waals surface area contributed by atoms with Crippen LogP contribution in [0.25, 0.3) is 0 Å². The highest BCUT2D eigenvalue weighted by Gasteiger charge is 2.32. The molecule has 0 radical (unpaired) electrons. The van der Waals surface area contributed by atoms with Crippen molar-refractivity contribution in [2.24, 2.45) is 0 Å². The van der Waals surface area contributed by atoms with E-state index in [9.17, 15) is 0 Å². The Bertz CT molecular complexity index is 401. The van der Waals surface area contributed by atoms with Gasteiger partial charge in [0.1, 0.15) is 0 Å². The first kappa shape index (κ1) is 15.3. The third kappa shape index (κ3) is 3.58. The molecule has 0 unspecified atom stereocenters. The second kappa shape index (κ2) is 7.58. The Kier molecular flexibility index (Phi) is 5.80. The molecule has 2 aliphatic rings. The molecule has 0 aliphatic heterocycles. The summed E-state index contributed by atoms with van der Waals surface area (Å²) in [6.07, 6.45) is 14.9. The molecule has 110 valence electrons. The Morgan fingerprint density at radius 1 is 0.750 bits per heavy atom. The molecular formula is C18H26IP. The van der Waals surface area contributed by atoms with E-state index in [2.05, 4.69) is 46.9 Å². The zero-order valence-electron chi connectivity index (χ0n) is 12.4. The van der Waals surface area contributed by atoms with Crippen molar-refractivity contribution in [3.63, 3.8) is 0 Å². The molecule has 2 heteroatoms. The van der Waals surface area contributed by atoms with Crippen LogP contribution in [0.3, 0.4) is 0 Å². The van der Waals surface area contributed by atoms with Gasteiger partial charge in [-0.2, -0.15) is 0 Å². The zero-order valence-corrected chi connectivity index (χ0v) is 15.4. The van der Waals surface area contributed by atoms with Gasteiger partial charge in [0.05, 0.1) is 0 Å². The van der Waals surface area contributed by atoms with Crippen LogP contribution in [0.2, 0.25) is 0 Å². The lowest BCUT2D eigenvalue weighted by Gasteiger charge is -2.39. The van der Waals surface area contributed by atoms with Gasteiger partial charge in [0.15, 0.2) is 0 Å². The Labute approximate surface area is 139 Å². The van der Waals surface area contributed by atoms with Crippen LogP contribution in [0, 0.1) is 3.57 Å². The third-order valence-electron chi connectivity index (χ3n) is 5.07. The Hall–Kier alpha value is 0.380. The van der Waals surface area contributed by atoms with Crippen molar-refractivity contribution >= 4 is 35.8 Å². The molecule has 0 atom stereocenters. The summed E-state index contributed by atoms with van der Waals surface area (Å²) in [5.41, 5.74) is 2.05. The van der Waals surface area contributed by atoms with E-state index in [-0.39, 0.29) is 7.92 Å². The summed E-state index contributed by atoms with van der Waals surface area (Å²) in [5.74, 6) is 0. The van der Waals surface area contributed by atoms with E-state index in [4.69, 9.17) is 0 Å². The maximum Gasteiger partial charge on any atom is 0.0207 e. The molecule has 0 saturated heterocycles. The largest absolute Gasteiger partial charge is 0.0678 e. The van der Waals surface area contributed by atoms with Gasteiger partial charge >= 0.3 is 0 Å². The average Bonchev–Trinajstić information content (AvgIpc) is 2.52. The second-order valence-corrected chi connectivity index (χ2v) is 10.4. The predicted molar refractivity (Wildman–Crippen MR) is 99.5 cm³/mol. The fourth-order valence-electron chi connectivity index (χ4n) is 4.07. The van der Waals surface area contributed by atoms with Gasteiger partial charge in [-0.15, -0.1) is 0 Å². The van der Waals surface area contributed by atoms with E-state index < -0.39 is 0 Å². The number of benzene rings is 1. The molecule has 0 nitrogen and oxygen atoms in total. The first-order valence-electron chi connectivity index (χ1n) is 8.39. The van der Waals surface area contributed by atoms with E-state index in [0.717, 1.165) is 11.3 Å². The van der Waals surface area contributed by atoms with Crippen molar-refractivity contribution in [1.29, 1.82) is 0 Å². The molecule has 0 aromatic heterocycles. The Morgan fingerprint density at radius 3 is 1.75 bits per heavy atom. The Balaban J connectivity index is 1.87. The standard InChI is InChI=1S/C18H26IP/c19-17-13-7-8-14-18(17)20(15-9-3-1-4-10-15)16-11-5-2-6-12-16/h7-8,13-16H,1-6,9-12H2. The molecular weight excluding hydrogens is 374 g/mol. The first-order chi connectivity index (χ1) is 9.86. The molecule has 0 heterocycles. The van der Waals surface area contributed by atoms with Gasteiger partial charge in [0, 0.05) is 3.57 Å². The molecule has 3 rings (SSSR count). The minimum atomic E-state index is 0.0796. The van der Waals surface area contributed by atoms with Crippen molar-refractivity contribution in [1.82, 2.24) is 0 Å². The SMILES string of the molecule is Ic1ccccc1P(C1CCCCC1)C1CCCCC1. The maximum absolute atomic E-state index is 2.58. The van der Waals surface area contributed by atoms with Gasteiger partial charge in [-0.3, -0.25) is 0 Å². The first-order valence-corrected chi connectivity index (χ1v) is 10.9. The molecule has 0 spiro atoms. The molecule has 0 bridgehead atoms. The van der Waals surface area contributed by atoms with Gasteiger partial charge < -0.3 is 0 Å². The highest BCUT2D eigenvalue weighted by molar-refractivity contribution is 14.1. The fraction of sp³-hybridized carbons (Fsp3) is 0.667. The minimum Gasteiger partial charge on any atom is -0.0678 e. The number of rotatable bonds is 3. The number of hydrogen-bond donors (Lipinski definition) is 0. The van der Waals surface area contributed by atoms with Gasteiger partial charge in [-0.1, -0.05) is 64.6 Å². The predicted octanol–water partition coefficient (Wildman–Crippen LogP) is 6.06.